The van der Waals surface area contributed by atoms with Gasteiger partial charge in [-0.05, 0) is 37.1 Å². The Morgan fingerprint density at radius 2 is 1.87 bits per heavy atom. The number of aryl methyl sites for hydroxylation is 2. The van der Waals surface area contributed by atoms with Gasteiger partial charge in [-0.2, -0.15) is 4.31 Å². The molecule has 0 saturated carbocycles. The van der Waals surface area contributed by atoms with E-state index in [2.05, 4.69) is 4.98 Å². The third kappa shape index (κ3) is 3.15. The van der Waals surface area contributed by atoms with Crippen LogP contribution < -0.4 is 0 Å². The number of imidazole rings is 1. The lowest BCUT2D eigenvalue weighted by Gasteiger charge is -2.34. The van der Waals surface area contributed by atoms with Crippen LogP contribution in [0.25, 0.3) is 15.3 Å². The van der Waals surface area contributed by atoms with Crippen molar-refractivity contribution in [1.29, 1.82) is 0 Å². The van der Waals surface area contributed by atoms with Crippen LogP contribution in [0.3, 0.4) is 0 Å². The molecule has 1 aromatic carbocycles. The van der Waals surface area contributed by atoms with Gasteiger partial charge in [0.25, 0.3) is 5.91 Å². The molecule has 10 heteroatoms. The molecular formula is C20H20N4O3S3. The minimum Gasteiger partial charge on any atom is -0.335 e. The van der Waals surface area contributed by atoms with E-state index < -0.39 is 10.0 Å². The van der Waals surface area contributed by atoms with Gasteiger partial charge in [0.1, 0.15) is 4.83 Å². The lowest BCUT2D eigenvalue weighted by Crippen LogP contribution is -2.50. The molecule has 0 atom stereocenters. The number of thiazole rings is 1. The molecule has 0 unspecified atom stereocenters. The maximum Gasteiger partial charge on any atom is 0.264 e. The molecule has 1 saturated heterocycles. The molecule has 0 spiro atoms. The number of sulfonamides is 1. The largest absolute Gasteiger partial charge is 0.335 e. The Hall–Kier alpha value is -2.27. The summed E-state index contributed by atoms with van der Waals surface area (Å²) in [7, 11) is -3.57. The highest BCUT2D eigenvalue weighted by Crippen LogP contribution is 2.29. The van der Waals surface area contributed by atoms with Gasteiger partial charge in [-0.25, -0.2) is 13.4 Å². The summed E-state index contributed by atoms with van der Waals surface area (Å²) in [6, 6.07) is 7.34. The minimum atomic E-state index is -3.57. The SMILES string of the molecule is Cc1ccc(C)c(S(=O)(=O)N2CCN(C(=O)c3cc4c(nc5sccn54)s3)CC2)c1. The molecule has 1 amide bonds. The Kier molecular flexibility index (Phi) is 4.69. The predicted octanol–water partition coefficient (Wildman–Crippen LogP) is 3.37. The molecule has 0 bridgehead atoms. The molecule has 1 aliphatic heterocycles. The number of benzene rings is 1. The Labute approximate surface area is 182 Å². The zero-order chi connectivity index (χ0) is 21.0. The van der Waals surface area contributed by atoms with E-state index in [0.717, 1.165) is 26.4 Å². The number of fused-ring (bicyclic) bond motifs is 3. The van der Waals surface area contributed by atoms with E-state index in [-0.39, 0.29) is 5.91 Å². The quantitative estimate of drug-likeness (QED) is 0.470. The van der Waals surface area contributed by atoms with E-state index >= 15 is 0 Å². The molecule has 7 nitrogen and oxygen atoms in total. The number of hydrogen-bond acceptors (Lipinski definition) is 6. The molecular weight excluding hydrogens is 440 g/mol. The van der Waals surface area contributed by atoms with Crippen LogP contribution in [-0.2, 0) is 10.0 Å². The highest BCUT2D eigenvalue weighted by atomic mass is 32.2. The number of thiophene rings is 1. The third-order valence-corrected chi connectivity index (χ3v) is 9.24. The first-order chi connectivity index (χ1) is 14.3. The molecule has 4 aromatic rings. The van der Waals surface area contributed by atoms with Crippen LogP contribution >= 0.6 is 22.7 Å². The first kappa shape index (κ1) is 19.7. The maximum absolute atomic E-state index is 13.1. The van der Waals surface area contributed by atoms with E-state index in [1.807, 2.05) is 48.0 Å². The van der Waals surface area contributed by atoms with Crippen LogP contribution in [0.5, 0.6) is 0 Å². The molecule has 0 radical (unpaired) electrons. The van der Waals surface area contributed by atoms with Crippen molar-refractivity contribution in [2.24, 2.45) is 0 Å². The molecule has 4 heterocycles. The first-order valence-electron chi connectivity index (χ1n) is 9.56. The molecule has 30 heavy (non-hydrogen) atoms. The molecule has 3 aromatic heterocycles. The highest BCUT2D eigenvalue weighted by Gasteiger charge is 2.32. The van der Waals surface area contributed by atoms with E-state index in [0.29, 0.717) is 36.0 Å². The summed E-state index contributed by atoms with van der Waals surface area (Å²) in [5.41, 5.74) is 2.59. The summed E-state index contributed by atoms with van der Waals surface area (Å²) in [6.45, 7) is 5.03. The van der Waals surface area contributed by atoms with E-state index in [1.165, 1.54) is 15.6 Å². The second-order valence-corrected chi connectivity index (χ2v) is 11.2. The van der Waals surface area contributed by atoms with Gasteiger partial charge >= 0.3 is 0 Å². The van der Waals surface area contributed by atoms with Gasteiger partial charge < -0.3 is 4.90 Å². The number of carbonyl (C=O) groups excluding carboxylic acids is 1. The summed E-state index contributed by atoms with van der Waals surface area (Å²) in [5, 5.41) is 1.97. The van der Waals surface area contributed by atoms with Crippen LogP contribution in [0, 0.1) is 13.8 Å². The van der Waals surface area contributed by atoms with Crippen molar-refractivity contribution in [1.82, 2.24) is 18.6 Å². The number of carbonyl (C=O) groups is 1. The van der Waals surface area contributed by atoms with E-state index in [9.17, 15) is 13.2 Å². The fourth-order valence-electron chi connectivity index (χ4n) is 3.76. The lowest BCUT2D eigenvalue weighted by atomic mass is 10.2. The van der Waals surface area contributed by atoms with Crippen molar-refractivity contribution in [3.63, 3.8) is 0 Å². The predicted molar refractivity (Wildman–Crippen MR) is 119 cm³/mol. The number of hydrogen-bond donors (Lipinski definition) is 0. The number of rotatable bonds is 3. The summed E-state index contributed by atoms with van der Waals surface area (Å²) >= 11 is 2.95. The Morgan fingerprint density at radius 1 is 1.10 bits per heavy atom. The van der Waals surface area contributed by atoms with E-state index in [4.69, 9.17) is 0 Å². The smallest absolute Gasteiger partial charge is 0.264 e. The summed E-state index contributed by atoms with van der Waals surface area (Å²) in [4.78, 5) is 22.0. The summed E-state index contributed by atoms with van der Waals surface area (Å²) < 4.78 is 29.7. The van der Waals surface area contributed by atoms with Crippen molar-refractivity contribution < 1.29 is 13.2 Å². The van der Waals surface area contributed by atoms with Crippen LogP contribution in [-0.4, -0.2) is 59.1 Å². The number of amides is 1. The zero-order valence-electron chi connectivity index (χ0n) is 16.5. The summed E-state index contributed by atoms with van der Waals surface area (Å²) in [6.07, 6.45) is 1.95. The van der Waals surface area contributed by atoms with Crippen molar-refractivity contribution in [2.75, 3.05) is 26.2 Å². The third-order valence-electron chi connectivity index (χ3n) is 5.44. The summed E-state index contributed by atoms with van der Waals surface area (Å²) in [5.74, 6) is -0.0641. The van der Waals surface area contributed by atoms with Gasteiger partial charge in [0.05, 0.1) is 15.3 Å². The fourth-order valence-corrected chi connectivity index (χ4v) is 7.26. The minimum absolute atomic E-state index is 0.0641. The average molecular weight is 461 g/mol. The molecule has 0 N–H and O–H groups in total. The molecule has 5 rings (SSSR count). The second kappa shape index (κ2) is 7.16. The molecule has 156 valence electrons. The van der Waals surface area contributed by atoms with Gasteiger partial charge in [0.15, 0.2) is 4.96 Å². The zero-order valence-corrected chi connectivity index (χ0v) is 19.0. The van der Waals surface area contributed by atoms with Gasteiger partial charge in [0, 0.05) is 37.8 Å². The lowest BCUT2D eigenvalue weighted by molar-refractivity contribution is 0.0703. The Balaban J connectivity index is 1.33. The standard InChI is InChI=1S/C20H20N4O3S3/c1-13-3-4-14(2)17(11-13)30(26,27)23-7-5-22(6-8-23)19(25)16-12-15-18(29-16)21-20-24(15)9-10-28-20/h3-4,9-12H,5-8H2,1-2H3. The number of piperazine rings is 1. The van der Waals surface area contributed by atoms with Crippen molar-refractivity contribution in [3.8, 4) is 0 Å². The number of nitrogens with zero attached hydrogens (tertiary/aromatic N) is 4. The van der Waals surface area contributed by atoms with Crippen molar-refractivity contribution in [3.05, 3.63) is 51.8 Å². The van der Waals surface area contributed by atoms with Crippen molar-refractivity contribution >= 4 is 53.9 Å². The van der Waals surface area contributed by atoms with Crippen LogP contribution in [0.4, 0.5) is 0 Å². The van der Waals surface area contributed by atoms with Crippen molar-refractivity contribution in [2.45, 2.75) is 18.7 Å². The number of aromatic nitrogens is 2. The molecule has 1 fully saturated rings. The van der Waals surface area contributed by atoms with Crippen LogP contribution in [0.1, 0.15) is 20.8 Å². The van der Waals surface area contributed by atoms with Crippen LogP contribution in [0.15, 0.2) is 40.7 Å². The monoisotopic (exact) mass is 460 g/mol. The van der Waals surface area contributed by atoms with Gasteiger partial charge in [-0.3, -0.25) is 9.20 Å². The first-order valence-corrected chi connectivity index (χ1v) is 12.7. The molecule has 0 aliphatic carbocycles. The molecule has 1 aliphatic rings. The van der Waals surface area contributed by atoms with Gasteiger partial charge in [0.2, 0.25) is 10.0 Å². The van der Waals surface area contributed by atoms with Crippen LogP contribution in [0.2, 0.25) is 0 Å². The highest BCUT2D eigenvalue weighted by molar-refractivity contribution is 7.89. The maximum atomic E-state index is 13.1. The normalized spacial score (nSPS) is 16.0. The topological polar surface area (TPSA) is 75.0 Å². The van der Waals surface area contributed by atoms with Gasteiger partial charge in [-0.1, -0.05) is 12.1 Å². The van der Waals surface area contributed by atoms with E-state index in [1.54, 1.807) is 22.3 Å². The fraction of sp³-hybridized carbons (Fsp3) is 0.300. The Morgan fingerprint density at radius 3 is 2.63 bits per heavy atom. The average Bonchev–Trinajstić information content (AvgIpc) is 3.41. The Bertz CT molecular complexity index is 1370. The van der Waals surface area contributed by atoms with Gasteiger partial charge in [-0.15, -0.1) is 22.7 Å². The second-order valence-electron chi connectivity index (χ2n) is 7.43.